The summed E-state index contributed by atoms with van der Waals surface area (Å²) in [6.45, 7) is 4.00. The fourth-order valence-electron chi connectivity index (χ4n) is 0.780. The first kappa shape index (κ1) is 13.4. The molecule has 0 saturated heterocycles. The smallest absolute Gasteiger partial charge is 0.166 e. The van der Waals surface area contributed by atoms with Gasteiger partial charge in [0, 0.05) is 4.90 Å². The van der Waals surface area contributed by atoms with Gasteiger partial charge in [-0.25, -0.2) is 0 Å². The van der Waals surface area contributed by atoms with E-state index in [1.807, 2.05) is 20.1 Å². The van der Waals surface area contributed by atoms with Gasteiger partial charge >= 0.3 is 6.18 Å². The second kappa shape index (κ2) is 5.96. The SMILES string of the molecule is CC.CSc1ccc(C(F)(F)F)cc1. The predicted molar refractivity (Wildman–Crippen MR) is 54.6 cm³/mol. The van der Waals surface area contributed by atoms with Crippen LogP contribution >= 0.6 is 11.8 Å². The van der Waals surface area contributed by atoms with Crippen molar-refractivity contribution in [3.8, 4) is 0 Å². The summed E-state index contributed by atoms with van der Waals surface area (Å²) in [6, 6.07) is 5.11. The third kappa shape index (κ3) is 4.05. The van der Waals surface area contributed by atoms with Crippen molar-refractivity contribution in [2.45, 2.75) is 24.9 Å². The fraction of sp³-hybridized carbons (Fsp3) is 0.400. The highest BCUT2D eigenvalue weighted by atomic mass is 32.2. The van der Waals surface area contributed by atoms with Gasteiger partial charge in [0.2, 0.25) is 0 Å². The molecular formula is C10H13F3S. The van der Waals surface area contributed by atoms with E-state index in [0.717, 1.165) is 17.0 Å². The number of benzene rings is 1. The normalized spacial score (nSPS) is 10.4. The minimum Gasteiger partial charge on any atom is -0.166 e. The quantitative estimate of drug-likeness (QED) is 0.632. The average molecular weight is 222 g/mol. The molecule has 0 radical (unpaired) electrons. The average Bonchev–Trinajstić information content (AvgIpc) is 2.20. The molecule has 80 valence electrons. The summed E-state index contributed by atoms with van der Waals surface area (Å²) in [6.07, 6.45) is -2.40. The van der Waals surface area contributed by atoms with Crippen LogP contribution in [0.1, 0.15) is 19.4 Å². The molecule has 1 rings (SSSR count). The molecule has 0 N–H and O–H groups in total. The van der Waals surface area contributed by atoms with Crippen LogP contribution in [0.3, 0.4) is 0 Å². The maximum Gasteiger partial charge on any atom is 0.416 e. The highest BCUT2D eigenvalue weighted by molar-refractivity contribution is 7.98. The van der Waals surface area contributed by atoms with E-state index in [9.17, 15) is 13.2 Å². The van der Waals surface area contributed by atoms with E-state index in [1.54, 1.807) is 0 Å². The lowest BCUT2D eigenvalue weighted by Crippen LogP contribution is -2.03. The lowest BCUT2D eigenvalue weighted by Gasteiger charge is -2.05. The van der Waals surface area contributed by atoms with Gasteiger partial charge in [0.15, 0.2) is 0 Å². The van der Waals surface area contributed by atoms with E-state index in [1.165, 1.54) is 23.9 Å². The van der Waals surface area contributed by atoms with Crippen molar-refractivity contribution in [3.05, 3.63) is 29.8 Å². The molecule has 0 unspecified atom stereocenters. The summed E-state index contributed by atoms with van der Waals surface area (Å²) < 4.78 is 36.1. The van der Waals surface area contributed by atoms with Crippen LogP contribution < -0.4 is 0 Å². The van der Waals surface area contributed by atoms with Crippen molar-refractivity contribution >= 4 is 11.8 Å². The molecule has 0 saturated carbocycles. The van der Waals surface area contributed by atoms with Crippen LogP contribution in [-0.4, -0.2) is 6.26 Å². The molecule has 1 aromatic rings. The van der Waals surface area contributed by atoms with Crippen molar-refractivity contribution in [1.29, 1.82) is 0 Å². The zero-order valence-corrected chi connectivity index (χ0v) is 9.17. The molecule has 4 heteroatoms. The van der Waals surface area contributed by atoms with Gasteiger partial charge in [-0.3, -0.25) is 0 Å². The summed E-state index contributed by atoms with van der Waals surface area (Å²) >= 11 is 1.42. The van der Waals surface area contributed by atoms with Crippen LogP contribution in [0.2, 0.25) is 0 Å². The molecule has 14 heavy (non-hydrogen) atoms. The Labute approximate surface area is 86.5 Å². The van der Waals surface area contributed by atoms with E-state index in [4.69, 9.17) is 0 Å². The number of rotatable bonds is 1. The molecule has 0 heterocycles. The minimum atomic E-state index is -4.23. The Bertz CT molecular complexity index is 251. The van der Waals surface area contributed by atoms with E-state index in [0.29, 0.717) is 0 Å². The number of hydrogen-bond acceptors (Lipinski definition) is 1. The first-order valence-corrected chi connectivity index (χ1v) is 5.48. The van der Waals surface area contributed by atoms with Crippen molar-refractivity contribution in [3.63, 3.8) is 0 Å². The van der Waals surface area contributed by atoms with Crippen LogP contribution in [0.15, 0.2) is 29.2 Å². The first-order valence-electron chi connectivity index (χ1n) is 4.25. The standard InChI is InChI=1S/C8H7F3S.C2H6/c1-12-7-4-2-6(3-5-7)8(9,10)11;1-2/h2-5H,1H3;1-2H3. The molecule has 0 aromatic heterocycles. The summed E-state index contributed by atoms with van der Waals surface area (Å²) in [5, 5.41) is 0. The second-order valence-corrected chi connectivity index (χ2v) is 3.11. The van der Waals surface area contributed by atoms with Gasteiger partial charge in [-0.15, -0.1) is 11.8 Å². The minimum absolute atomic E-state index is 0.597. The molecule has 0 spiro atoms. The lowest BCUT2D eigenvalue weighted by atomic mass is 10.2. The monoisotopic (exact) mass is 222 g/mol. The van der Waals surface area contributed by atoms with Crippen molar-refractivity contribution in [2.75, 3.05) is 6.26 Å². The van der Waals surface area contributed by atoms with Crippen molar-refractivity contribution < 1.29 is 13.2 Å². The van der Waals surface area contributed by atoms with Gasteiger partial charge in [-0.2, -0.15) is 13.2 Å². The Morgan fingerprint density at radius 1 is 1.00 bits per heavy atom. The molecule has 0 aliphatic rings. The Morgan fingerprint density at radius 2 is 1.43 bits per heavy atom. The maximum atomic E-state index is 12.0. The number of hydrogen-bond donors (Lipinski definition) is 0. The van der Waals surface area contributed by atoms with Crippen LogP contribution in [0, 0.1) is 0 Å². The Balaban J connectivity index is 0.000000791. The number of alkyl halides is 3. The molecule has 0 nitrogen and oxygen atoms in total. The largest absolute Gasteiger partial charge is 0.416 e. The third-order valence-electron chi connectivity index (χ3n) is 1.42. The van der Waals surface area contributed by atoms with E-state index >= 15 is 0 Å². The maximum absolute atomic E-state index is 12.0. The summed E-state index contributed by atoms with van der Waals surface area (Å²) in [5.74, 6) is 0. The van der Waals surface area contributed by atoms with Crippen LogP contribution in [0.5, 0.6) is 0 Å². The molecule has 0 bridgehead atoms. The van der Waals surface area contributed by atoms with Gasteiger partial charge in [0.1, 0.15) is 0 Å². The highest BCUT2D eigenvalue weighted by Crippen LogP contribution is 2.30. The molecule has 1 aromatic carbocycles. The molecule has 0 amide bonds. The zero-order valence-electron chi connectivity index (χ0n) is 8.35. The Morgan fingerprint density at radius 3 is 1.71 bits per heavy atom. The van der Waals surface area contributed by atoms with E-state index in [2.05, 4.69) is 0 Å². The summed E-state index contributed by atoms with van der Waals surface area (Å²) in [4.78, 5) is 0.836. The van der Waals surface area contributed by atoms with Crippen LogP contribution in [-0.2, 0) is 6.18 Å². The zero-order chi connectivity index (χ0) is 11.2. The van der Waals surface area contributed by atoms with Gasteiger partial charge in [0.25, 0.3) is 0 Å². The van der Waals surface area contributed by atoms with Gasteiger partial charge in [0.05, 0.1) is 5.56 Å². The van der Waals surface area contributed by atoms with Gasteiger partial charge in [-0.05, 0) is 30.5 Å². The van der Waals surface area contributed by atoms with E-state index in [-0.39, 0.29) is 0 Å². The Hall–Kier alpha value is -0.640. The lowest BCUT2D eigenvalue weighted by molar-refractivity contribution is -0.137. The molecule has 0 aliphatic carbocycles. The number of halogens is 3. The van der Waals surface area contributed by atoms with Crippen LogP contribution in [0.4, 0.5) is 13.2 Å². The predicted octanol–water partition coefficient (Wildman–Crippen LogP) is 4.45. The molecule has 0 fully saturated rings. The summed E-state index contributed by atoms with van der Waals surface area (Å²) in [7, 11) is 0. The molecular weight excluding hydrogens is 209 g/mol. The highest BCUT2D eigenvalue weighted by Gasteiger charge is 2.29. The molecule has 0 atom stereocenters. The first-order chi connectivity index (χ1) is 6.54. The van der Waals surface area contributed by atoms with E-state index < -0.39 is 11.7 Å². The van der Waals surface area contributed by atoms with Gasteiger partial charge in [-0.1, -0.05) is 13.8 Å². The van der Waals surface area contributed by atoms with Crippen molar-refractivity contribution in [2.24, 2.45) is 0 Å². The summed E-state index contributed by atoms with van der Waals surface area (Å²) in [5.41, 5.74) is -0.597. The number of thioether (sulfide) groups is 1. The second-order valence-electron chi connectivity index (χ2n) is 2.23. The van der Waals surface area contributed by atoms with Crippen LogP contribution in [0.25, 0.3) is 0 Å². The Kier molecular flexibility index (Phi) is 5.69. The topological polar surface area (TPSA) is 0 Å². The van der Waals surface area contributed by atoms with Gasteiger partial charge < -0.3 is 0 Å². The third-order valence-corrected chi connectivity index (χ3v) is 2.16. The molecule has 0 aliphatic heterocycles. The fourth-order valence-corrected chi connectivity index (χ4v) is 1.19. The van der Waals surface area contributed by atoms with Crippen molar-refractivity contribution in [1.82, 2.24) is 0 Å².